The fourth-order valence-corrected chi connectivity index (χ4v) is 6.48. The SMILES string of the molecule is Cn1c2ccccc2c2ccc(-c3ccc(-c4ccc(N(c5ccccc5)c5cccc(-c6ccccc6)c5)cc4)cc3)cc21. The lowest BCUT2D eigenvalue weighted by atomic mass is 9.99. The van der Waals surface area contributed by atoms with Crippen LogP contribution in [0.2, 0.25) is 0 Å². The Labute approximate surface area is 264 Å². The van der Waals surface area contributed by atoms with Gasteiger partial charge in [-0.1, -0.05) is 127 Å². The van der Waals surface area contributed by atoms with E-state index < -0.39 is 0 Å². The second-order valence-electron chi connectivity index (χ2n) is 11.5. The first-order valence-corrected chi connectivity index (χ1v) is 15.4. The molecule has 0 aliphatic carbocycles. The standard InChI is InChI=1S/C43H32N2/c1-44-42-18-9-8-17-40(42)41-28-25-36(30-43(41)44)34-21-19-32(20-22-34)33-23-26-38(27-24-33)45(37-14-6-3-7-15-37)39-16-10-13-35(29-39)31-11-4-2-5-12-31/h2-30H,1H3. The minimum Gasteiger partial charge on any atom is -0.344 e. The lowest BCUT2D eigenvalue weighted by Crippen LogP contribution is -2.09. The number of hydrogen-bond acceptors (Lipinski definition) is 1. The van der Waals surface area contributed by atoms with Crippen molar-refractivity contribution in [3.63, 3.8) is 0 Å². The quantitative estimate of drug-likeness (QED) is 0.191. The Bertz CT molecular complexity index is 2250. The highest BCUT2D eigenvalue weighted by Gasteiger charge is 2.14. The number of nitrogens with zero attached hydrogens (tertiary/aromatic N) is 2. The molecule has 1 heterocycles. The highest BCUT2D eigenvalue weighted by Crippen LogP contribution is 2.38. The van der Waals surface area contributed by atoms with Crippen LogP contribution in [0.15, 0.2) is 176 Å². The number of para-hydroxylation sites is 2. The second kappa shape index (κ2) is 11.3. The molecule has 2 nitrogen and oxygen atoms in total. The van der Waals surface area contributed by atoms with Crippen molar-refractivity contribution in [3.8, 4) is 33.4 Å². The molecule has 0 radical (unpaired) electrons. The van der Waals surface area contributed by atoms with Gasteiger partial charge in [0.1, 0.15) is 0 Å². The number of rotatable bonds is 6. The molecule has 0 unspecified atom stereocenters. The molecule has 0 spiro atoms. The second-order valence-corrected chi connectivity index (χ2v) is 11.5. The van der Waals surface area contributed by atoms with Gasteiger partial charge in [0, 0.05) is 45.9 Å². The lowest BCUT2D eigenvalue weighted by Gasteiger charge is -2.26. The van der Waals surface area contributed by atoms with Crippen LogP contribution in [-0.4, -0.2) is 4.57 Å². The average Bonchev–Trinajstić information content (AvgIpc) is 3.40. The molecule has 8 rings (SSSR count). The van der Waals surface area contributed by atoms with E-state index in [1.807, 2.05) is 0 Å². The molecule has 0 aliphatic heterocycles. The van der Waals surface area contributed by atoms with Crippen molar-refractivity contribution >= 4 is 38.9 Å². The van der Waals surface area contributed by atoms with Crippen LogP contribution < -0.4 is 4.90 Å². The van der Waals surface area contributed by atoms with E-state index in [-0.39, 0.29) is 0 Å². The summed E-state index contributed by atoms with van der Waals surface area (Å²) < 4.78 is 2.29. The van der Waals surface area contributed by atoms with Gasteiger partial charge in [-0.05, 0) is 81.9 Å². The first kappa shape index (κ1) is 26.7. The molecule has 0 bridgehead atoms. The lowest BCUT2D eigenvalue weighted by molar-refractivity contribution is 1.01. The van der Waals surface area contributed by atoms with Gasteiger partial charge < -0.3 is 9.47 Å². The molecule has 214 valence electrons. The van der Waals surface area contributed by atoms with Crippen molar-refractivity contribution in [1.82, 2.24) is 4.57 Å². The summed E-state index contributed by atoms with van der Waals surface area (Å²) in [5.41, 5.74) is 13.1. The topological polar surface area (TPSA) is 8.17 Å². The van der Waals surface area contributed by atoms with Crippen LogP contribution in [-0.2, 0) is 7.05 Å². The summed E-state index contributed by atoms with van der Waals surface area (Å²) >= 11 is 0. The van der Waals surface area contributed by atoms with E-state index in [9.17, 15) is 0 Å². The molecule has 0 saturated carbocycles. The molecule has 0 saturated heterocycles. The van der Waals surface area contributed by atoms with Crippen molar-refractivity contribution in [1.29, 1.82) is 0 Å². The van der Waals surface area contributed by atoms with E-state index in [2.05, 4.69) is 192 Å². The first-order valence-electron chi connectivity index (χ1n) is 15.4. The zero-order valence-corrected chi connectivity index (χ0v) is 25.1. The van der Waals surface area contributed by atoms with Gasteiger partial charge in [0.15, 0.2) is 0 Å². The smallest absolute Gasteiger partial charge is 0.0494 e. The number of fused-ring (bicyclic) bond motifs is 3. The average molecular weight is 577 g/mol. The molecular weight excluding hydrogens is 544 g/mol. The number of aryl methyl sites for hydroxylation is 1. The maximum atomic E-state index is 2.32. The van der Waals surface area contributed by atoms with Crippen LogP contribution in [0.25, 0.3) is 55.2 Å². The Balaban J connectivity index is 1.10. The number of aromatic nitrogens is 1. The summed E-state index contributed by atoms with van der Waals surface area (Å²) in [7, 11) is 2.15. The van der Waals surface area contributed by atoms with Gasteiger partial charge in [-0.15, -0.1) is 0 Å². The molecule has 0 aliphatic rings. The Hall–Kier alpha value is -5.86. The Morgan fingerprint density at radius 2 is 0.800 bits per heavy atom. The third-order valence-corrected chi connectivity index (χ3v) is 8.82. The summed E-state index contributed by atoms with van der Waals surface area (Å²) in [6.45, 7) is 0. The van der Waals surface area contributed by atoms with E-state index in [0.29, 0.717) is 0 Å². The molecule has 8 aromatic rings. The fraction of sp³-hybridized carbons (Fsp3) is 0.0233. The van der Waals surface area contributed by atoms with Crippen molar-refractivity contribution < 1.29 is 0 Å². The van der Waals surface area contributed by atoms with Crippen molar-refractivity contribution in [2.24, 2.45) is 7.05 Å². The fourth-order valence-electron chi connectivity index (χ4n) is 6.48. The zero-order chi connectivity index (χ0) is 30.2. The van der Waals surface area contributed by atoms with Crippen LogP contribution in [0.1, 0.15) is 0 Å². The van der Waals surface area contributed by atoms with Crippen LogP contribution in [0.5, 0.6) is 0 Å². The van der Waals surface area contributed by atoms with E-state index in [4.69, 9.17) is 0 Å². The predicted octanol–water partition coefficient (Wildman–Crippen LogP) is 11.8. The van der Waals surface area contributed by atoms with Crippen LogP contribution >= 0.6 is 0 Å². The van der Waals surface area contributed by atoms with Gasteiger partial charge in [0.05, 0.1) is 0 Å². The van der Waals surface area contributed by atoms with Crippen molar-refractivity contribution in [2.45, 2.75) is 0 Å². The monoisotopic (exact) mass is 576 g/mol. The maximum absolute atomic E-state index is 2.32. The number of hydrogen-bond donors (Lipinski definition) is 0. The van der Waals surface area contributed by atoms with E-state index in [1.54, 1.807) is 0 Å². The summed E-state index contributed by atoms with van der Waals surface area (Å²) in [4.78, 5) is 2.32. The normalized spacial score (nSPS) is 11.2. The summed E-state index contributed by atoms with van der Waals surface area (Å²) in [6, 6.07) is 63.2. The van der Waals surface area contributed by atoms with Crippen LogP contribution in [0.4, 0.5) is 17.1 Å². The molecular formula is C43H32N2. The van der Waals surface area contributed by atoms with E-state index >= 15 is 0 Å². The summed E-state index contributed by atoms with van der Waals surface area (Å²) in [5, 5.41) is 2.60. The minimum absolute atomic E-state index is 1.12. The van der Waals surface area contributed by atoms with Crippen molar-refractivity contribution in [2.75, 3.05) is 4.90 Å². The Kier molecular flexibility index (Phi) is 6.73. The highest BCUT2D eigenvalue weighted by atomic mass is 15.1. The third kappa shape index (κ3) is 4.97. The third-order valence-electron chi connectivity index (χ3n) is 8.82. The van der Waals surface area contributed by atoms with Gasteiger partial charge in [0.25, 0.3) is 0 Å². The Morgan fingerprint density at radius 3 is 1.53 bits per heavy atom. The van der Waals surface area contributed by atoms with Gasteiger partial charge in [0.2, 0.25) is 0 Å². The first-order chi connectivity index (χ1) is 22.2. The number of anilines is 3. The van der Waals surface area contributed by atoms with Gasteiger partial charge in [-0.2, -0.15) is 0 Å². The summed E-state index contributed by atoms with van der Waals surface area (Å²) in [5.74, 6) is 0. The van der Waals surface area contributed by atoms with E-state index in [0.717, 1.165) is 17.1 Å². The molecule has 0 fully saturated rings. The minimum atomic E-state index is 1.12. The van der Waals surface area contributed by atoms with Crippen LogP contribution in [0, 0.1) is 0 Å². The molecule has 45 heavy (non-hydrogen) atoms. The van der Waals surface area contributed by atoms with Gasteiger partial charge in [-0.3, -0.25) is 0 Å². The van der Waals surface area contributed by atoms with E-state index in [1.165, 1.54) is 55.2 Å². The Morgan fingerprint density at radius 1 is 0.333 bits per heavy atom. The van der Waals surface area contributed by atoms with Gasteiger partial charge >= 0.3 is 0 Å². The highest BCUT2D eigenvalue weighted by molar-refractivity contribution is 6.09. The predicted molar refractivity (Wildman–Crippen MR) is 191 cm³/mol. The molecule has 7 aromatic carbocycles. The van der Waals surface area contributed by atoms with Crippen LogP contribution in [0.3, 0.4) is 0 Å². The summed E-state index contributed by atoms with van der Waals surface area (Å²) in [6.07, 6.45) is 0. The zero-order valence-electron chi connectivity index (χ0n) is 25.1. The molecule has 0 atom stereocenters. The molecule has 2 heteroatoms. The van der Waals surface area contributed by atoms with Gasteiger partial charge in [-0.25, -0.2) is 0 Å². The largest absolute Gasteiger partial charge is 0.344 e. The maximum Gasteiger partial charge on any atom is 0.0494 e. The molecule has 1 aromatic heterocycles. The molecule has 0 N–H and O–H groups in total. The number of benzene rings is 7. The molecule has 0 amide bonds. The van der Waals surface area contributed by atoms with Crippen molar-refractivity contribution in [3.05, 3.63) is 176 Å².